The minimum Gasteiger partial charge on any atom is -0.338 e. The van der Waals surface area contributed by atoms with Gasteiger partial charge >= 0.3 is 6.03 Å². The van der Waals surface area contributed by atoms with E-state index in [-0.39, 0.29) is 36.4 Å². The van der Waals surface area contributed by atoms with Crippen molar-refractivity contribution >= 4 is 29.7 Å². The molecule has 1 fully saturated rings. The van der Waals surface area contributed by atoms with E-state index in [0.717, 1.165) is 0 Å². The van der Waals surface area contributed by atoms with E-state index in [2.05, 4.69) is 16.0 Å². The SMILES string of the molecule is CCNC(=O)NC(=O)c1cccc2c1C(=O)N(C1(C)CCC(=O)NC1=O)C2. The van der Waals surface area contributed by atoms with Gasteiger partial charge in [-0.1, -0.05) is 12.1 Å². The summed E-state index contributed by atoms with van der Waals surface area (Å²) in [5.74, 6) is -2.07. The van der Waals surface area contributed by atoms with Crippen molar-refractivity contribution in [1.29, 1.82) is 0 Å². The molecule has 0 saturated carbocycles. The molecule has 1 saturated heterocycles. The summed E-state index contributed by atoms with van der Waals surface area (Å²) in [5, 5.41) is 6.90. The largest absolute Gasteiger partial charge is 0.338 e. The second kappa shape index (κ2) is 6.82. The van der Waals surface area contributed by atoms with Crippen LogP contribution in [0.1, 0.15) is 53.0 Å². The van der Waals surface area contributed by atoms with Gasteiger partial charge in [-0.15, -0.1) is 0 Å². The number of hydrogen-bond donors (Lipinski definition) is 3. The predicted octanol–water partition coefficient (Wildman–Crippen LogP) is 0.297. The summed E-state index contributed by atoms with van der Waals surface area (Å²) in [4.78, 5) is 62.3. The summed E-state index contributed by atoms with van der Waals surface area (Å²) in [7, 11) is 0. The molecule has 0 radical (unpaired) electrons. The van der Waals surface area contributed by atoms with Gasteiger partial charge in [0.15, 0.2) is 0 Å². The number of hydrogen-bond acceptors (Lipinski definition) is 5. The van der Waals surface area contributed by atoms with Gasteiger partial charge in [-0.2, -0.15) is 0 Å². The lowest BCUT2D eigenvalue weighted by Crippen LogP contribution is -2.61. The van der Waals surface area contributed by atoms with Gasteiger partial charge in [0.1, 0.15) is 5.54 Å². The van der Waals surface area contributed by atoms with Crippen molar-refractivity contribution in [2.75, 3.05) is 6.54 Å². The standard InChI is InChI=1S/C18H20N4O5/c1-3-19-17(27)21-14(24)11-6-4-5-10-9-22(15(25)13(10)11)18(2)8-7-12(23)20-16(18)26/h4-6H,3,7-9H2,1-2H3,(H,20,23,26)(H2,19,21,24,27). The van der Waals surface area contributed by atoms with Gasteiger partial charge in [-0.05, 0) is 31.9 Å². The predicted molar refractivity (Wildman–Crippen MR) is 93.6 cm³/mol. The molecular weight excluding hydrogens is 352 g/mol. The van der Waals surface area contributed by atoms with Gasteiger partial charge < -0.3 is 10.2 Å². The Bertz CT molecular complexity index is 865. The van der Waals surface area contributed by atoms with Crippen molar-refractivity contribution in [3.05, 3.63) is 34.9 Å². The monoisotopic (exact) mass is 372 g/mol. The maximum Gasteiger partial charge on any atom is 0.321 e. The van der Waals surface area contributed by atoms with Gasteiger partial charge in [0.2, 0.25) is 5.91 Å². The highest BCUT2D eigenvalue weighted by atomic mass is 16.2. The lowest BCUT2D eigenvalue weighted by Gasteiger charge is -2.39. The minimum atomic E-state index is -1.18. The number of nitrogens with zero attached hydrogens (tertiary/aromatic N) is 1. The van der Waals surface area contributed by atoms with Crippen molar-refractivity contribution in [3.8, 4) is 0 Å². The smallest absolute Gasteiger partial charge is 0.321 e. The zero-order valence-corrected chi connectivity index (χ0v) is 15.0. The van der Waals surface area contributed by atoms with Crippen LogP contribution in [0, 0.1) is 0 Å². The molecule has 0 aromatic heterocycles. The number of urea groups is 1. The minimum absolute atomic E-state index is 0.0714. The first-order chi connectivity index (χ1) is 12.8. The number of fused-ring (bicyclic) bond motifs is 1. The maximum absolute atomic E-state index is 13.0. The first-order valence-electron chi connectivity index (χ1n) is 8.65. The molecule has 3 rings (SSSR count). The molecule has 0 bridgehead atoms. The Morgan fingerprint density at radius 3 is 2.67 bits per heavy atom. The van der Waals surface area contributed by atoms with E-state index in [4.69, 9.17) is 0 Å². The number of piperidine rings is 1. The molecule has 0 spiro atoms. The van der Waals surface area contributed by atoms with Crippen LogP contribution in [-0.2, 0) is 16.1 Å². The Kier molecular flexibility index (Phi) is 4.69. The van der Waals surface area contributed by atoms with E-state index in [1.165, 1.54) is 11.0 Å². The third-order valence-electron chi connectivity index (χ3n) is 4.92. The van der Waals surface area contributed by atoms with Crippen molar-refractivity contribution in [3.63, 3.8) is 0 Å². The van der Waals surface area contributed by atoms with Crippen LogP contribution in [0.15, 0.2) is 18.2 Å². The fraction of sp³-hybridized carbons (Fsp3) is 0.389. The summed E-state index contributed by atoms with van der Waals surface area (Å²) >= 11 is 0. The third kappa shape index (κ3) is 3.16. The molecule has 2 heterocycles. The van der Waals surface area contributed by atoms with Crippen LogP contribution in [0.25, 0.3) is 0 Å². The Morgan fingerprint density at radius 1 is 1.26 bits per heavy atom. The van der Waals surface area contributed by atoms with Crippen LogP contribution in [0.3, 0.4) is 0 Å². The van der Waals surface area contributed by atoms with Crippen LogP contribution in [-0.4, -0.2) is 46.6 Å². The molecule has 1 atom stereocenters. The molecular formula is C18H20N4O5. The fourth-order valence-electron chi connectivity index (χ4n) is 3.38. The first kappa shape index (κ1) is 18.6. The van der Waals surface area contributed by atoms with Crippen LogP contribution < -0.4 is 16.0 Å². The molecule has 27 heavy (non-hydrogen) atoms. The van der Waals surface area contributed by atoms with Crippen LogP contribution in [0.2, 0.25) is 0 Å². The molecule has 142 valence electrons. The molecule has 9 heteroatoms. The molecule has 3 N–H and O–H groups in total. The quantitative estimate of drug-likeness (QED) is 0.658. The highest BCUT2D eigenvalue weighted by Gasteiger charge is 2.49. The molecule has 2 aliphatic heterocycles. The number of rotatable bonds is 3. The fourth-order valence-corrected chi connectivity index (χ4v) is 3.38. The van der Waals surface area contributed by atoms with Crippen LogP contribution in [0.4, 0.5) is 4.79 Å². The van der Waals surface area contributed by atoms with Crippen molar-refractivity contribution in [2.24, 2.45) is 0 Å². The Morgan fingerprint density at radius 2 is 2.00 bits per heavy atom. The Labute approximate surface area is 155 Å². The number of amides is 6. The topological polar surface area (TPSA) is 125 Å². The molecule has 0 aliphatic carbocycles. The summed E-state index contributed by atoms with van der Waals surface area (Å²) in [6, 6.07) is 4.13. The number of imide groups is 2. The van der Waals surface area contributed by atoms with Crippen LogP contribution in [0.5, 0.6) is 0 Å². The van der Waals surface area contributed by atoms with Gasteiger partial charge in [0.05, 0.1) is 11.1 Å². The molecule has 9 nitrogen and oxygen atoms in total. The number of nitrogens with one attached hydrogen (secondary N) is 3. The van der Waals surface area contributed by atoms with Crippen molar-refractivity contribution < 1.29 is 24.0 Å². The van der Waals surface area contributed by atoms with E-state index in [9.17, 15) is 24.0 Å². The summed E-state index contributed by atoms with van der Waals surface area (Å²) in [6.07, 6.45) is 0.338. The average molecular weight is 372 g/mol. The zero-order valence-electron chi connectivity index (χ0n) is 15.0. The molecule has 1 unspecified atom stereocenters. The highest BCUT2D eigenvalue weighted by molar-refractivity contribution is 6.14. The lowest BCUT2D eigenvalue weighted by molar-refractivity contribution is -0.142. The molecule has 1 aromatic carbocycles. The molecule has 1 aromatic rings. The summed E-state index contributed by atoms with van der Waals surface area (Å²) in [5.41, 5.74) is -0.348. The first-order valence-corrected chi connectivity index (χ1v) is 8.65. The number of carbonyl (C=O) groups excluding carboxylic acids is 5. The van der Waals surface area contributed by atoms with Gasteiger partial charge in [0, 0.05) is 19.5 Å². The Balaban J connectivity index is 1.90. The molecule has 2 aliphatic rings. The van der Waals surface area contributed by atoms with E-state index in [0.29, 0.717) is 12.1 Å². The second-order valence-electron chi connectivity index (χ2n) is 6.70. The van der Waals surface area contributed by atoms with E-state index in [1.54, 1.807) is 26.0 Å². The van der Waals surface area contributed by atoms with E-state index < -0.39 is 29.3 Å². The number of carbonyl (C=O) groups is 5. The third-order valence-corrected chi connectivity index (χ3v) is 4.92. The van der Waals surface area contributed by atoms with Gasteiger partial charge in [-0.3, -0.25) is 29.8 Å². The normalized spacial score (nSPS) is 21.6. The summed E-state index contributed by atoms with van der Waals surface area (Å²) < 4.78 is 0. The van der Waals surface area contributed by atoms with E-state index in [1.807, 2.05) is 0 Å². The van der Waals surface area contributed by atoms with Crippen molar-refractivity contribution in [1.82, 2.24) is 20.9 Å². The van der Waals surface area contributed by atoms with Crippen LogP contribution >= 0.6 is 0 Å². The maximum atomic E-state index is 13.0. The number of benzene rings is 1. The zero-order chi connectivity index (χ0) is 19.8. The lowest BCUT2D eigenvalue weighted by atomic mass is 9.89. The van der Waals surface area contributed by atoms with E-state index >= 15 is 0 Å². The average Bonchev–Trinajstić information content (AvgIpc) is 2.96. The van der Waals surface area contributed by atoms with Crippen molar-refractivity contribution in [2.45, 2.75) is 38.8 Å². The van der Waals surface area contributed by atoms with Gasteiger partial charge in [0.25, 0.3) is 17.7 Å². The Hall–Kier alpha value is -3.23. The summed E-state index contributed by atoms with van der Waals surface area (Å²) in [6.45, 7) is 3.82. The molecule has 6 amide bonds. The van der Waals surface area contributed by atoms with Gasteiger partial charge in [-0.25, -0.2) is 4.79 Å². The second-order valence-corrected chi connectivity index (χ2v) is 6.70. The highest BCUT2D eigenvalue weighted by Crippen LogP contribution is 2.35.